The second-order valence-corrected chi connectivity index (χ2v) is 7.38. The van der Waals surface area contributed by atoms with Crippen molar-refractivity contribution >= 4 is 11.6 Å². The van der Waals surface area contributed by atoms with Crippen LogP contribution in [0.25, 0.3) is 11.1 Å². The quantitative estimate of drug-likeness (QED) is 0.818. The Kier molecular flexibility index (Phi) is 4.17. The number of hydrogen-bond donors (Lipinski definition) is 1. The minimum absolute atomic E-state index is 0.0518. The van der Waals surface area contributed by atoms with Gasteiger partial charge in [-0.3, -0.25) is 9.59 Å². The van der Waals surface area contributed by atoms with Gasteiger partial charge in [-0.15, -0.1) is 0 Å². The summed E-state index contributed by atoms with van der Waals surface area (Å²) >= 11 is 0. The number of Topliss-reactive ketones (excluding diaryl/α,β-unsaturated/α-hetero) is 2. The normalized spacial score (nSPS) is 18.5. The van der Waals surface area contributed by atoms with E-state index in [2.05, 4.69) is 0 Å². The van der Waals surface area contributed by atoms with E-state index in [-0.39, 0.29) is 17.1 Å². The molecule has 2 aliphatic rings. The summed E-state index contributed by atoms with van der Waals surface area (Å²) in [5, 5.41) is 11.0. The number of benzene rings is 1. The van der Waals surface area contributed by atoms with Crippen molar-refractivity contribution in [2.45, 2.75) is 44.6 Å². The van der Waals surface area contributed by atoms with Gasteiger partial charge in [-0.25, -0.2) is 0 Å². The van der Waals surface area contributed by atoms with Gasteiger partial charge in [-0.1, -0.05) is 31.4 Å². The summed E-state index contributed by atoms with van der Waals surface area (Å²) in [6.45, 7) is 1.35. The van der Waals surface area contributed by atoms with Gasteiger partial charge in [0.25, 0.3) is 0 Å². The highest BCUT2D eigenvalue weighted by molar-refractivity contribution is 6.28. The number of aromatic nitrogens is 1. The number of rotatable bonds is 3. The predicted molar refractivity (Wildman–Crippen MR) is 102 cm³/mol. The van der Waals surface area contributed by atoms with Gasteiger partial charge in [0.15, 0.2) is 5.78 Å². The average molecular weight is 365 g/mol. The largest absolute Gasteiger partial charge is 0.509 e. The van der Waals surface area contributed by atoms with Crippen LogP contribution in [-0.2, 0) is 10.3 Å². The number of aliphatic hydroxyl groups is 1. The van der Waals surface area contributed by atoms with E-state index in [0.29, 0.717) is 5.69 Å². The molecule has 1 aromatic carbocycles. The van der Waals surface area contributed by atoms with Crippen LogP contribution in [0.1, 0.15) is 49.5 Å². The summed E-state index contributed by atoms with van der Waals surface area (Å²) in [4.78, 5) is 25.4. The number of hydrogen-bond acceptors (Lipinski definition) is 4. The lowest BCUT2D eigenvalue weighted by Gasteiger charge is -2.42. The Labute approximate surface area is 158 Å². The second-order valence-electron chi connectivity index (χ2n) is 7.38. The van der Waals surface area contributed by atoms with Crippen LogP contribution in [0.3, 0.4) is 0 Å². The minimum atomic E-state index is -0.687. The monoisotopic (exact) mass is 365 g/mol. The molecule has 5 nitrogen and oxygen atoms in total. The maximum absolute atomic E-state index is 13.2. The van der Waals surface area contributed by atoms with Gasteiger partial charge in [-0.05, 0) is 43.5 Å². The van der Waals surface area contributed by atoms with Gasteiger partial charge in [-0.2, -0.15) is 0 Å². The Morgan fingerprint density at radius 3 is 2.37 bits per heavy atom. The molecule has 2 heterocycles. The number of carbonyl (C=O) groups is 2. The van der Waals surface area contributed by atoms with Crippen LogP contribution in [0.5, 0.6) is 5.75 Å². The Morgan fingerprint density at radius 1 is 1.11 bits per heavy atom. The van der Waals surface area contributed by atoms with Gasteiger partial charge >= 0.3 is 0 Å². The van der Waals surface area contributed by atoms with Crippen molar-refractivity contribution in [3.8, 4) is 16.9 Å². The van der Waals surface area contributed by atoms with Crippen molar-refractivity contribution in [1.82, 2.24) is 4.57 Å². The van der Waals surface area contributed by atoms with Gasteiger partial charge in [0, 0.05) is 11.8 Å². The summed E-state index contributed by atoms with van der Waals surface area (Å²) in [5.41, 5.74) is 1.41. The number of nitrogens with zero attached hydrogens (tertiary/aromatic N) is 1. The highest BCUT2D eigenvalue weighted by Gasteiger charge is 2.48. The molecule has 1 aliphatic carbocycles. The Balaban J connectivity index is 1.93. The molecule has 0 bridgehead atoms. The van der Waals surface area contributed by atoms with Crippen LogP contribution in [-0.4, -0.2) is 28.3 Å². The van der Waals surface area contributed by atoms with E-state index in [4.69, 9.17) is 4.74 Å². The van der Waals surface area contributed by atoms with Crippen molar-refractivity contribution in [2.24, 2.45) is 0 Å². The van der Waals surface area contributed by atoms with Crippen molar-refractivity contribution in [1.29, 1.82) is 0 Å². The van der Waals surface area contributed by atoms with Crippen LogP contribution in [0.15, 0.2) is 47.9 Å². The number of methoxy groups -OCH3 is 1. The first kappa shape index (κ1) is 17.6. The molecular weight excluding hydrogens is 342 g/mol. The first-order valence-electron chi connectivity index (χ1n) is 9.35. The molecule has 5 heteroatoms. The lowest BCUT2D eigenvalue weighted by molar-refractivity contribution is -0.113. The van der Waals surface area contributed by atoms with Crippen molar-refractivity contribution < 1.29 is 19.4 Å². The molecule has 1 aromatic heterocycles. The number of aliphatic hydroxyl groups excluding tert-OH is 1. The molecule has 0 saturated heterocycles. The van der Waals surface area contributed by atoms with Crippen LogP contribution in [0.2, 0.25) is 0 Å². The van der Waals surface area contributed by atoms with Crippen molar-refractivity contribution in [2.75, 3.05) is 7.11 Å². The molecule has 1 aliphatic heterocycles. The Morgan fingerprint density at radius 2 is 1.78 bits per heavy atom. The summed E-state index contributed by atoms with van der Waals surface area (Å²) in [6, 6.07) is 9.41. The predicted octanol–water partition coefficient (Wildman–Crippen LogP) is 4.42. The topological polar surface area (TPSA) is 68.5 Å². The van der Waals surface area contributed by atoms with E-state index in [1.54, 1.807) is 7.11 Å². The van der Waals surface area contributed by atoms with E-state index in [0.717, 1.165) is 49.0 Å². The standard InChI is InChI=1S/C22H23NO4/c1-14(24)18-20(25)19-17(15-6-8-16(27-2)9-7-15)10-13-23(19)22(21(18)26)11-4-3-5-12-22/h6-10,13,26H,3-5,11-12H2,1-2H3. The van der Waals surface area contributed by atoms with Crippen molar-refractivity contribution in [3.63, 3.8) is 0 Å². The van der Waals surface area contributed by atoms with E-state index in [1.165, 1.54) is 6.92 Å². The summed E-state index contributed by atoms with van der Waals surface area (Å²) in [7, 11) is 1.61. The lowest BCUT2D eigenvalue weighted by atomic mass is 9.75. The smallest absolute Gasteiger partial charge is 0.217 e. The third kappa shape index (κ3) is 2.52. The van der Waals surface area contributed by atoms with Crippen LogP contribution in [0.4, 0.5) is 0 Å². The zero-order chi connectivity index (χ0) is 19.2. The SMILES string of the molecule is COc1ccc(-c2ccn3c2C(=O)C(C(C)=O)=C(O)C32CCCCC2)cc1. The zero-order valence-electron chi connectivity index (χ0n) is 15.6. The van der Waals surface area contributed by atoms with Crippen LogP contribution in [0, 0.1) is 0 Å². The maximum atomic E-state index is 13.2. The number of ketones is 2. The molecule has 2 aromatic rings. The van der Waals surface area contributed by atoms with Gasteiger partial charge in [0.05, 0.1) is 12.8 Å². The van der Waals surface area contributed by atoms with Gasteiger partial charge in [0.2, 0.25) is 5.78 Å². The zero-order valence-corrected chi connectivity index (χ0v) is 15.6. The van der Waals surface area contributed by atoms with E-state index >= 15 is 0 Å². The highest BCUT2D eigenvalue weighted by Crippen LogP contribution is 2.47. The molecule has 1 fully saturated rings. The molecule has 1 spiro atoms. The molecule has 0 radical (unpaired) electrons. The molecule has 27 heavy (non-hydrogen) atoms. The Bertz CT molecular complexity index is 943. The summed E-state index contributed by atoms with van der Waals surface area (Å²) in [5.74, 6) is -0.0875. The summed E-state index contributed by atoms with van der Waals surface area (Å²) < 4.78 is 7.13. The third-order valence-electron chi connectivity index (χ3n) is 5.90. The molecule has 1 saturated carbocycles. The number of ether oxygens (including phenoxy) is 1. The summed E-state index contributed by atoms with van der Waals surface area (Å²) in [6.07, 6.45) is 6.35. The fourth-order valence-electron chi connectivity index (χ4n) is 4.54. The Hall–Kier alpha value is -2.82. The minimum Gasteiger partial charge on any atom is -0.509 e. The molecule has 0 unspecified atom stereocenters. The maximum Gasteiger partial charge on any atom is 0.217 e. The second kappa shape index (κ2) is 6.41. The molecule has 4 rings (SSSR count). The number of fused-ring (bicyclic) bond motifs is 2. The first-order chi connectivity index (χ1) is 13.0. The molecule has 1 N–H and O–H groups in total. The fourth-order valence-corrected chi connectivity index (χ4v) is 4.54. The van der Waals surface area contributed by atoms with Gasteiger partial charge < -0.3 is 14.4 Å². The van der Waals surface area contributed by atoms with Crippen LogP contribution >= 0.6 is 0 Å². The molecule has 140 valence electrons. The molecule has 0 amide bonds. The molecular formula is C22H23NO4. The number of carbonyl (C=O) groups excluding carboxylic acids is 2. The molecule has 0 atom stereocenters. The van der Waals surface area contributed by atoms with Gasteiger partial charge in [0.1, 0.15) is 22.6 Å². The van der Waals surface area contributed by atoms with E-state index < -0.39 is 11.3 Å². The van der Waals surface area contributed by atoms with Crippen LogP contribution < -0.4 is 4.74 Å². The van der Waals surface area contributed by atoms with E-state index in [9.17, 15) is 14.7 Å². The van der Waals surface area contributed by atoms with E-state index in [1.807, 2.05) is 41.1 Å². The third-order valence-corrected chi connectivity index (χ3v) is 5.90. The lowest BCUT2D eigenvalue weighted by Crippen LogP contribution is -2.44. The first-order valence-corrected chi connectivity index (χ1v) is 9.35. The highest BCUT2D eigenvalue weighted by atomic mass is 16.5. The average Bonchev–Trinajstić information content (AvgIpc) is 3.13. The van der Waals surface area contributed by atoms with Crippen molar-refractivity contribution in [3.05, 3.63) is 53.6 Å². The number of allylic oxidation sites excluding steroid dienone is 2. The fraction of sp³-hybridized carbons (Fsp3) is 0.364.